The van der Waals surface area contributed by atoms with Crippen LogP contribution in [0.4, 0.5) is 8.78 Å². The van der Waals surface area contributed by atoms with Crippen molar-refractivity contribution in [3.8, 4) is 0 Å². The summed E-state index contributed by atoms with van der Waals surface area (Å²) in [7, 11) is 0. The SMILES string of the molecule is C=C/C=C\C1=C(C)SCCC(=O)N1Cc1cc(F)cc(F)c1. The number of amides is 1. The Kier molecular flexibility index (Phi) is 5.55. The van der Waals surface area contributed by atoms with Crippen molar-refractivity contribution in [2.45, 2.75) is 19.9 Å². The van der Waals surface area contributed by atoms with Crippen molar-refractivity contribution in [1.82, 2.24) is 4.90 Å². The van der Waals surface area contributed by atoms with Gasteiger partial charge in [-0.05, 0) is 30.7 Å². The number of hydrogen-bond acceptors (Lipinski definition) is 2. The minimum absolute atomic E-state index is 0.0577. The number of thioether (sulfide) groups is 1. The van der Waals surface area contributed by atoms with Crippen LogP contribution in [0.3, 0.4) is 0 Å². The molecule has 1 aliphatic heterocycles. The van der Waals surface area contributed by atoms with Gasteiger partial charge in [-0.2, -0.15) is 0 Å². The number of benzene rings is 1. The van der Waals surface area contributed by atoms with Crippen molar-refractivity contribution in [3.05, 3.63) is 70.8 Å². The normalized spacial score (nSPS) is 16.3. The number of carbonyl (C=O) groups is 1. The third-order valence-corrected chi connectivity index (χ3v) is 4.29. The van der Waals surface area contributed by atoms with Gasteiger partial charge in [0.25, 0.3) is 0 Å². The van der Waals surface area contributed by atoms with Gasteiger partial charge in [0.05, 0.1) is 12.2 Å². The molecule has 116 valence electrons. The summed E-state index contributed by atoms with van der Waals surface area (Å²) in [6.45, 7) is 5.70. The van der Waals surface area contributed by atoms with Gasteiger partial charge in [-0.3, -0.25) is 4.79 Å². The second-order valence-electron chi connectivity index (χ2n) is 4.89. The number of hydrogen-bond donors (Lipinski definition) is 0. The summed E-state index contributed by atoms with van der Waals surface area (Å²) in [6, 6.07) is 3.32. The molecular formula is C17H17F2NOS. The lowest BCUT2D eigenvalue weighted by Gasteiger charge is -2.23. The van der Waals surface area contributed by atoms with Crippen LogP contribution in [0.5, 0.6) is 0 Å². The molecule has 1 aliphatic rings. The Bertz CT molecular complexity index is 632. The molecule has 0 spiro atoms. The average molecular weight is 321 g/mol. The molecule has 2 rings (SSSR count). The smallest absolute Gasteiger partial charge is 0.228 e. The Morgan fingerprint density at radius 3 is 2.64 bits per heavy atom. The topological polar surface area (TPSA) is 20.3 Å². The van der Waals surface area contributed by atoms with Crippen LogP contribution in [0.25, 0.3) is 0 Å². The first-order chi connectivity index (χ1) is 10.5. The molecule has 1 heterocycles. The molecule has 22 heavy (non-hydrogen) atoms. The Hall–Kier alpha value is -1.88. The number of halogens is 2. The maximum absolute atomic E-state index is 13.3. The molecular weight excluding hydrogens is 304 g/mol. The second-order valence-corrected chi connectivity index (χ2v) is 6.20. The van der Waals surface area contributed by atoms with E-state index in [1.54, 1.807) is 34.9 Å². The number of carbonyl (C=O) groups excluding carboxylic acids is 1. The Morgan fingerprint density at radius 1 is 1.32 bits per heavy atom. The molecule has 1 amide bonds. The Balaban J connectivity index is 2.38. The summed E-state index contributed by atoms with van der Waals surface area (Å²) >= 11 is 1.61. The van der Waals surface area contributed by atoms with Crippen LogP contribution < -0.4 is 0 Å². The van der Waals surface area contributed by atoms with Gasteiger partial charge in [0, 0.05) is 23.1 Å². The van der Waals surface area contributed by atoms with Gasteiger partial charge in [-0.25, -0.2) is 8.78 Å². The highest BCUT2D eigenvalue weighted by Crippen LogP contribution is 2.29. The first kappa shape index (κ1) is 16.5. The minimum Gasteiger partial charge on any atom is -0.307 e. The zero-order valence-electron chi connectivity index (χ0n) is 12.3. The zero-order chi connectivity index (χ0) is 16.1. The monoisotopic (exact) mass is 321 g/mol. The molecule has 0 aliphatic carbocycles. The van der Waals surface area contributed by atoms with E-state index in [1.807, 2.05) is 6.92 Å². The van der Waals surface area contributed by atoms with Gasteiger partial charge < -0.3 is 4.90 Å². The minimum atomic E-state index is -0.643. The summed E-state index contributed by atoms with van der Waals surface area (Å²) in [4.78, 5) is 14.9. The molecule has 0 atom stereocenters. The largest absolute Gasteiger partial charge is 0.307 e. The molecule has 2 nitrogen and oxygen atoms in total. The molecule has 0 N–H and O–H groups in total. The predicted octanol–water partition coefficient (Wildman–Crippen LogP) is 4.40. The van der Waals surface area contributed by atoms with E-state index in [4.69, 9.17) is 0 Å². The van der Waals surface area contributed by atoms with Gasteiger partial charge >= 0.3 is 0 Å². The summed E-state index contributed by atoms with van der Waals surface area (Å²) < 4.78 is 26.7. The fraction of sp³-hybridized carbons (Fsp3) is 0.235. The van der Waals surface area contributed by atoms with Crippen LogP contribution in [0.2, 0.25) is 0 Å². The molecule has 0 unspecified atom stereocenters. The maximum Gasteiger partial charge on any atom is 0.228 e. The molecule has 1 aromatic rings. The number of nitrogens with zero attached hydrogens (tertiary/aromatic N) is 1. The van der Waals surface area contributed by atoms with Crippen LogP contribution in [-0.4, -0.2) is 16.6 Å². The van der Waals surface area contributed by atoms with Crippen molar-refractivity contribution >= 4 is 17.7 Å². The third-order valence-electron chi connectivity index (χ3n) is 3.24. The average Bonchev–Trinajstić information content (AvgIpc) is 2.56. The maximum atomic E-state index is 13.3. The van der Waals surface area contributed by atoms with Crippen LogP contribution in [-0.2, 0) is 11.3 Å². The first-order valence-electron chi connectivity index (χ1n) is 6.89. The van der Waals surface area contributed by atoms with E-state index in [1.165, 1.54) is 12.1 Å². The predicted molar refractivity (Wildman–Crippen MR) is 86.0 cm³/mol. The summed E-state index contributed by atoms with van der Waals surface area (Å²) in [5.74, 6) is -0.645. The van der Waals surface area contributed by atoms with Gasteiger partial charge in [0.1, 0.15) is 11.6 Å². The quantitative estimate of drug-likeness (QED) is 0.766. The molecule has 5 heteroatoms. The lowest BCUT2D eigenvalue weighted by Crippen LogP contribution is -2.29. The van der Waals surface area contributed by atoms with Crippen LogP contribution in [0.1, 0.15) is 18.9 Å². The third kappa shape index (κ3) is 4.07. The van der Waals surface area contributed by atoms with Crippen molar-refractivity contribution < 1.29 is 13.6 Å². The van der Waals surface area contributed by atoms with Gasteiger partial charge in [-0.15, -0.1) is 11.8 Å². The van der Waals surface area contributed by atoms with Crippen LogP contribution in [0, 0.1) is 11.6 Å². The van der Waals surface area contributed by atoms with E-state index in [0.717, 1.165) is 16.7 Å². The van der Waals surface area contributed by atoms with Gasteiger partial charge in [0.15, 0.2) is 0 Å². The first-order valence-corrected chi connectivity index (χ1v) is 7.88. The standard InChI is InChI=1S/C17H17F2NOS/c1-3-4-5-16-12(2)22-7-6-17(21)20(16)11-13-8-14(18)10-15(19)9-13/h3-5,8-10H,1,6-7,11H2,2H3/b5-4-. The summed E-state index contributed by atoms with van der Waals surface area (Å²) in [5.41, 5.74) is 1.17. The van der Waals surface area contributed by atoms with E-state index in [-0.39, 0.29) is 12.5 Å². The lowest BCUT2D eigenvalue weighted by atomic mass is 10.1. The zero-order valence-corrected chi connectivity index (χ0v) is 13.1. The van der Waals surface area contributed by atoms with E-state index in [0.29, 0.717) is 17.7 Å². The number of allylic oxidation sites excluding steroid dienone is 4. The second kappa shape index (κ2) is 7.40. The highest BCUT2D eigenvalue weighted by Gasteiger charge is 2.22. The summed E-state index contributed by atoms with van der Waals surface area (Å²) in [5, 5.41) is 0. The molecule has 0 bridgehead atoms. The van der Waals surface area contributed by atoms with Crippen molar-refractivity contribution in [3.63, 3.8) is 0 Å². The van der Waals surface area contributed by atoms with E-state index >= 15 is 0 Å². The van der Waals surface area contributed by atoms with Crippen molar-refractivity contribution in [2.75, 3.05) is 5.75 Å². The van der Waals surface area contributed by atoms with Crippen LogP contribution >= 0.6 is 11.8 Å². The fourth-order valence-corrected chi connectivity index (χ4v) is 3.16. The molecule has 0 radical (unpaired) electrons. The Morgan fingerprint density at radius 2 is 2.00 bits per heavy atom. The molecule has 0 fully saturated rings. The highest BCUT2D eigenvalue weighted by molar-refractivity contribution is 8.03. The van der Waals surface area contributed by atoms with Crippen molar-refractivity contribution in [1.29, 1.82) is 0 Å². The highest BCUT2D eigenvalue weighted by atomic mass is 32.2. The van der Waals surface area contributed by atoms with E-state index < -0.39 is 11.6 Å². The molecule has 0 aromatic heterocycles. The lowest BCUT2D eigenvalue weighted by molar-refractivity contribution is -0.129. The van der Waals surface area contributed by atoms with Crippen molar-refractivity contribution in [2.24, 2.45) is 0 Å². The molecule has 1 aromatic carbocycles. The van der Waals surface area contributed by atoms with Gasteiger partial charge in [0.2, 0.25) is 5.91 Å². The fourth-order valence-electron chi connectivity index (χ4n) is 2.25. The van der Waals surface area contributed by atoms with E-state index in [2.05, 4.69) is 6.58 Å². The number of rotatable bonds is 4. The van der Waals surface area contributed by atoms with Crippen LogP contribution in [0.15, 0.2) is 53.6 Å². The van der Waals surface area contributed by atoms with Gasteiger partial charge in [-0.1, -0.05) is 18.7 Å². The Labute approximate surface area is 133 Å². The molecule has 0 saturated heterocycles. The molecule has 0 saturated carbocycles. The van der Waals surface area contributed by atoms with E-state index in [9.17, 15) is 13.6 Å². The summed E-state index contributed by atoms with van der Waals surface area (Å²) in [6.07, 6.45) is 5.57.